The Hall–Kier alpha value is -3.05. The molecule has 3 N–H and O–H groups in total. The quantitative estimate of drug-likeness (QED) is 0.437. The van der Waals surface area contributed by atoms with Crippen LogP contribution in [-0.2, 0) is 6.42 Å². The molecular weight excluding hydrogens is 362 g/mol. The molecule has 2 heterocycles. The third-order valence-corrected chi connectivity index (χ3v) is 5.44. The Morgan fingerprint density at radius 3 is 2.59 bits per heavy atom. The number of methoxy groups -OCH3 is 2. The molecule has 5 heteroatoms. The van der Waals surface area contributed by atoms with Crippen LogP contribution in [0.15, 0.2) is 42.5 Å². The topological polar surface area (TPSA) is 73.2 Å². The lowest BCUT2D eigenvalue weighted by atomic mass is 9.97. The number of fused-ring (bicyclic) bond motifs is 2. The van der Waals surface area contributed by atoms with Crippen molar-refractivity contribution in [1.29, 1.82) is 0 Å². The summed E-state index contributed by atoms with van der Waals surface area (Å²) >= 11 is 0. The van der Waals surface area contributed by atoms with Gasteiger partial charge in [0.05, 0.1) is 19.9 Å². The summed E-state index contributed by atoms with van der Waals surface area (Å²) in [5.41, 5.74) is 12.3. The highest BCUT2D eigenvalue weighted by Crippen LogP contribution is 2.38. The summed E-state index contributed by atoms with van der Waals surface area (Å²) in [6, 6.07) is 14.5. The number of aromatic amines is 1. The van der Waals surface area contributed by atoms with E-state index in [0.29, 0.717) is 6.54 Å². The Labute approximate surface area is 170 Å². The molecule has 0 atom stereocenters. The van der Waals surface area contributed by atoms with E-state index in [2.05, 4.69) is 29.2 Å². The minimum Gasteiger partial charge on any atom is -0.497 e. The average molecular weight is 389 g/mol. The number of hydrogen-bond donors (Lipinski definition) is 2. The lowest BCUT2D eigenvalue weighted by Crippen LogP contribution is -1.99. The first-order valence-electron chi connectivity index (χ1n) is 9.99. The highest BCUT2D eigenvalue weighted by atomic mass is 16.5. The van der Waals surface area contributed by atoms with Crippen molar-refractivity contribution < 1.29 is 9.47 Å². The van der Waals surface area contributed by atoms with Gasteiger partial charge in [-0.3, -0.25) is 0 Å². The van der Waals surface area contributed by atoms with Crippen LogP contribution in [0.5, 0.6) is 11.5 Å². The molecule has 0 bridgehead atoms. The zero-order valence-electron chi connectivity index (χ0n) is 17.2. The van der Waals surface area contributed by atoms with Gasteiger partial charge in [0.2, 0.25) is 0 Å². The molecule has 0 saturated heterocycles. The maximum absolute atomic E-state index is 5.75. The van der Waals surface area contributed by atoms with Gasteiger partial charge in [0, 0.05) is 27.5 Å². The third kappa shape index (κ3) is 3.54. The highest BCUT2D eigenvalue weighted by molar-refractivity contribution is 6.01. The van der Waals surface area contributed by atoms with Gasteiger partial charge in [-0.15, -0.1) is 0 Å². The number of nitrogens with one attached hydrogen (secondary N) is 1. The van der Waals surface area contributed by atoms with Gasteiger partial charge < -0.3 is 20.2 Å². The first kappa shape index (κ1) is 19.3. The fraction of sp³-hybridized carbons (Fsp3) is 0.292. The Kier molecular flexibility index (Phi) is 5.41. The molecule has 4 aromatic rings. The number of aryl methyl sites for hydroxylation is 2. The van der Waals surface area contributed by atoms with E-state index in [1.165, 1.54) is 10.9 Å². The number of H-pyrrole nitrogens is 1. The number of nitrogens with zero attached hydrogens (tertiary/aromatic N) is 1. The monoisotopic (exact) mass is 389 g/mol. The van der Waals surface area contributed by atoms with Gasteiger partial charge in [0.25, 0.3) is 0 Å². The van der Waals surface area contributed by atoms with E-state index in [9.17, 15) is 0 Å². The second-order valence-corrected chi connectivity index (χ2v) is 7.30. The van der Waals surface area contributed by atoms with E-state index < -0.39 is 0 Å². The van der Waals surface area contributed by atoms with E-state index in [1.807, 2.05) is 25.1 Å². The Morgan fingerprint density at radius 2 is 1.83 bits per heavy atom. The third-order valence-electron chi connectivity index (χ3n) is 5.44. The van der Waals surface area contributed by atoms with Gasteiger partial charge in [0.1, 0.15) is 17.0 Å². The summed E-state index contributed by atoms with van der Waals surface area (Å²) in [6.45, 7) is 2.70. The van der Waals surface area contributed by atoms with Crippen LogP contribution < -0.4 is 15.2 Å². The number of hydrogen-bond acceptors (Lipinski definition) is 4. The van der Waals surface area contributed by atoms with Gasteiger partial charge in [-0.05, 0) is 74.7 Å². The number of unbranched alkanes of at least 4 members (excludes halogenated alkanes) is 1. The molecule has 0 saturated carbocycles. The molecule has 0 aliphatic carbocycles. The van der Waals surface area contributed by atoms with Crippen LogP contribution in [0, 0.1) is 6.92 Å². The standard InChI is InChI=1S/C24H27N3O2/c1-15-7-9-19-18(10-12-22(29-3)24(19)26-15)23-17(6-4-5-13-25)20-14-16(28-2)8-11-21(20)27-23/h7-12,14,27H,4-6,13,25H2,1-3H3. The molecule has 0 aliphatic heterocycles. The molecule has 2 aromatic heterocycles. The van der Waals surface area contributed by atoms with Crippen molar-refractivity contribution in [2.45, 2.75) is 26.2 Å². The zero-order valence-corrected chi connectivity index (χ0v) is 17.2. The highest BCUT2D eigenvalue weighted by Gasteiger charge is 2.17. The normalized spacial score (nSPS) is 11.3. The van der Waals surface area contributed by atoms with E-state index in [1.54, 1.807) is 14.2 Å². The Morgan fingerprint density at radius 1 is 0.966 bits per heavy atom. The maximum Gasteiger partial charge on any atom is 0.145 e. The van der Waals surface area contributed by atoms with Crippen LogP contribution in [0.1, 0.15) is 24.1 Å². The molecule has 0 unspecified atom stereocenters. The van der Waals surface area contributed by atoms with Crippen molar-refractivity contribution in [2.24, 2.45) is 5.73 Å². The van der Waals surface area contributed by atoms with Gasteiger partial charge in [-0.1, -0.05) is 6.07 Å². The SMILES string of the molecule is COc1ccc2[nH]c(-c3ccc(OC)c4nc(C)ccc34)c(CCCCN)c2c1. The summed E-state index contributed by atoms with van der Waals surface area (Å²) in [5, 5.41) is 2.27. The van der Waals surface area contributed by atoms with Crippen molar-refractivity contribution in [3.8, 4) is 22.8 Å². The number of pyridine rings is 1. The molecular formula is C24H27N3O2. The van der Waals surface area contributed by atoms with E-state index in [-0.39, 0.29) is 0 Å². The number of rotatable bonds is 7. The minimum absolute atomic E-state index is 0.704. The van der Waals surface area contributed by atoms with Crippen LogP contribution in [0.4, 0.5) is 0 Å². The van der Waals surface area contributed by atoms with Gasteiger partial charge in [0.15, 0.2) is 0 Å². The summed E-state index contributed by atoms with van der Waals surface area (Å²) < 4.78 is 11.0. The minimum atomic E-state index is 0.704. The van der Waals surface area contributed by atoms with Gasteiger partial charge >= 0.3 is 0 Å². The number of benzene rings is 2. The first-order chi connectivity index (χ1) is 14.2. The lowest BCUT2D eigenvalue weighted by molar-refractivity contribution is 0.415. The molecule has 0 fully saturated rings. The molecule has 0 spiro atoms. The van der Waals surface area contributed by atoms with Gasteiger partial charge in [-0.25, -0.2) is 4.98 Å². The van der Waals surface area contributed by atoms with Crippen LogP contribution in [0.3, 0.4) is 0 Å². The van der Waals surface area contributed by atoms with E-state index in [4.69, 9.17) is 20.2 Å². The molecule has 29 heavy (non-hydrogen) atoms. The predicted molar refractivity (Wildman–Crippen MR) is 119 cm³/mol. The fourth-order valence-corrected chi connectivity index (χ4v) is 3.96. The molecule has 0 amide bonds. The predicted octanol–water partition coefficient (Wildman–Crippen LogP) is 4.99. The molecule has 0 radical (unpaired) electrons. The number of ether oxygens (including phenoxy) is 2. The Balaban J connectivity index is 1.96. The summed E-state index contributed by atoms with van der Waals surface area (Å²) in [5.74, 6) is 1.65. The lowest BCUT2D eigenvalue weighted by Gasteiger charge is -2.12. The van der Waals surface area contributed by atoms with E-state index in [0.717, 1.165) is 64.1 Å². The summed E-state index contributed by atoms with van der Waals surface area (Å²) in [4.78, 5) is 8.39. The second-order valence-electron chi connectivity index (χ2n) is 7.30. The molecule has 0 aliphatic rings. The zero-order chi connectivity index (χ0) is 20.4. The van der Waals surface area contributed by atoms with Crippen molar-refractivity contribution >= 4 is 21.8 Å². The van der Waals surface area contributed by atoms with Crippen molar-refractivity contribution in [2.75, 3.05) is 20.8 Å². The fourth-order valence-electron chi connectivity index (χ4n) is 3.96. The first-order valence-corrected chi connectivity index (χ1v) is 9.99. The number of nitrogens with two attached hydrogens (primary N) is 1. The molecule has 150 valence electrons. The number of aromatic nitrogens is 2. The largest absolute Gasteiger partial charge is 0.497 e. The second kappa shape index (κ2) is 8.13. The van der Waals surface area contributed by atoms with Gasteiger partial charge in [-0.2, -0.15) is 0 Å². The Bertz CT molecular complexity index is 1160. The van der Waals surface area contributed by atoms with Crippen molar-refractivity contribution in [3.05, 3.63) is 53.7 Å². The molecule has 5 nitrogen and oxygen atoms in total. The van der Waals surface area contributed by atoms with Crippen molar-refractivity contribution in [1.82, 2.24) is 9.97 Å². The van der Waals surface area contributed by atoms with Crippen LogP contribution >= 0.6 is 0 Å². The van der Waals surface area contributed by atoms with Crippen LogP contribution in [0.2, 0.25) is 0 Å². The smallest absolute Gasteiger partial charge is 0.145 e. The van der Waals surface area contributed by atoms with Crippen molar-refractivity contribution in [3.63, 3.8) is 0 Å². The maximum atomic E-state index is 5.75. The molecule has 2 aromatic carbocycles. The van der Waals surface area contributed by atoms with E-state index >= 15 is 0 Å². The summed E-state index contributed by atoms with van der Waals surface area (Å²) in [6.07, 6.45) is 2.99. The average Bonchev–Trinajstić information content (AvgIpc) is 3.10. The summed E-state index contributed by atoms with van der Waals surface area (Å²) in [7, 11) is 3.39. The van der Waals surface area contributed by atoms with Crippen LogP contribution in [0.25, 0.3) is 33.1 Å². The van der Waals surface area contributed by atoms with Crippen LogP contribution in [-0.4, -0.2) is 30.7 Å². The molecule has 4 rings (SSSR count).